The molecule has 0 radical (unpaired) electrons. The number of amidine groups is 1. The highest BCUT2D eigenvalue weighted by Crippen LogP contribution is 2.06. The highest BCUT2D eigenvalue weighted by Gasteiger charge is 2.00. The van der Waals surface area contributed by atoms with Gasteiger partial charge in [0.05, 0.1) is 0 Å². The van der Waals surface area contributed by atoms with Gasteiger partial charge in [0.15, 0.2) is 0 Å². The third-order valence-electron chi connectivity index (χ3n) is 1.95. The molecule has 0 amide bonds. The summed E-state index contributed by atoms with van der Waals surface area (Å²) in [6.45, 7) is 3.57. The Hall–Kier alpha value is -2.15. The molecule has 0 aliphatic rings. The Bertz CT molecular complexity index is 429. The minimum absolute atomic E-state index is 0.110. The van der Waals surface area contributed by atoms with E-state index >= 15 is 0 Å². The van der Waals surface area contributed by atoms with E-state index in [-0.39, 0.29) is 12.0 Å². The number of rotatable bonds is 4. The predicted molar refractivity (Wildman–Crippen MR) is 74.1 cm³/mol. The van der Waals surface area contributed by atoms with Gasteiger partial charge in [0.25, 0.3) is 0 Å². The van der Waals surface area contributed by atoms with Crippen LogP contribution in [0.4, 0.5) is 5.82 Å². The zero-order chi connectivity index (χ0) is 13.5. The molecule has 1 rings (SSSR count). The fraction of sp³-hybridized carbons (Fsp3) is 0.364. The molecule has 1 aromatic heterocycles. The van der Waals surface area contributed by atoms with Gasteiger partial charge in [-0.05, 0) is 31.9 Å². The maximum absolute atomic E-state index is 5.70. The molecule has 1 unspecified atom stereocenters. The van der Waals surface area contributed by atoms with E-state index in [1.807, 2.05) is 13.0 Å². The molecule has 0 saturated carbocycles. The van der Waals surface area contributed by atoms with Crippen LogP contribution in [0.25, 0.3) is 0 Å². The van der Waals surface area contributed by atoms with Crippen molar-refractivity contribution in [3.8, 4) is 0 Å². The summed E-state index contributed by atoms with van der Waals surface area (Å²) >= 11 is 0. The van der Waals surface area contributed by atoms with Crippen molar-refractivity contribution in [3.63, 3.8) is 0 Å². The molecule has 1 heterocycles. The van der Waals surface area contributed by atoms with E-state index in [4.69, 9.17) is 17.2 Å². The smallest absolute Gasteiger partial charge is 0.219 e. The molecule has 98 valence electrons. The monoisotopic (exact) mass is 249 g/mol. The molecule has 0 aromatic carbocycles. The molecule has 0 fully saturated rings. The Morgan fingerprint density at radius 3 is 2.61 bits per heavy atom. The maximum Gasteiger partial charge on any atom is 0.219 e. The Kier molecular flexibility index (Phi) is 5.06. The Morgan fingerprint density at radius 1 is 1.39 bits per heavy atom. The zero-order valence-corrected chi connectivity index (χ0v) is 10.6. The lowest BCUT2D eigenvalue weighted by Gasteiger charge is -2.06. The van der Waals surface area contributed by atoms with Crippen molar-refractivity contribution in [2.24, 2.45) is 27.4 Å². The standard InChI is InChI=1S/C11H19N7/c1-7(12)5-9-3-4-10(15-6-9)16-11(14)18-17-8(2)13/h3-4,6-7H,5,12H2,1-2H3,(H2,13,17)(H3,14,15,16,18). The van der Waals surface area contributed by atoms with Gasteiger partial charge in [0, 0.05) is 12.2 Å². The lowest BCUT2D eigenvalue weighted by molar-refractivity contribution is 0.736. The summed E-state index contributed by atoms with van der Waals surface area (Å²) in [5.74, 6) is 1.06. The van der Waals surface area contributed by atoms with Gasteiger partial charge in [-0.3, -0.25) is 0 Å². The van der Waals surface area contributed by atoms with Crippen LogP contribution in [0.3, 0.4) is 0 Å². The van der Waals surface area contributed by atoms with Crippen molar-refractivity contribution in [2.75, 3.05) is 5.32 Å². The number of nitrogens with two attached hydrogens (primary N) is 3. The Balaban J connectivity index is 2.63. The fourth-order valence-electron chi connectivity index (χ4n) is 1.28. The first-order valence-electron chi connectivity index (χ1n) is 5.58. The van der Waals surface area contributed by atoms with Crippen LogP contribution >= 0.6 is 0 Å². The highest BCUT2D eigenvalue weighted by atomic mass is 15.3. The van der Waals surface area contributed by atoms with E-state index in [1.165, 1.54) is 0 Å². The van der Waals surface area contributed by atoms with Gasteiger partial charge in [-0.15, -0.1) is 10.2 Å². The number of nitrogens with one attached hydrogen (secondary N) is 1. The number of aromatic nitrogens is 1. The van der Waals surface area contributed by atoms with Gasteiger partial charge in [0.2, 0.25) is 5.96 Å². The number of nitrogens with zero attached hydrogens (tertiary/aromatic N) is 3. The minimum atomic E-state index is 0.110. The van der Waals surface area contributed by atoms with E-state index in [0.29, 0.717) is 11.7 Å². The van der Waals surface area contributed by atoms with Crippen LogP contribution in [0.1, 0.15) is 19.4 Å². The van der Waals surface area contributed by atoms with Crippen molar-refractivity contribution >= 4 is 17.6 Å². The van der Waals surface area contributed by atoms with Crippen LogP contribution < -0.4 is 22.5 Å². The van der Waals surface area contributed by atoms with Crippen LogP contribution in [0.5, 0.6) is 0 Å². The van der Waals surface area contributed by atoms with Crippen molar-refractivity contribution in [2.45, 2.75) is 26.3 Å². The highest BCUT2D eigenvalue weighted by molar-refractivity contribution is 5.91. The van der Waals surface area contributed by atoms with Crippen molar-refractivity contribution < 1.29 is 0 Å². The molecule has 1 atom stereocenters. The summed E-state index contributed by atoms with van der Waals surface area (Å²) in [7, 11) is 0. The molecule has 18 heavy (non-hydrogen) atoms. The molecule has 0 saturated heterocycles. The summed E-state index contributed by atoms with van der Waals surface area (Å²) in [5.41, 5.74) is 17.7. The quantitative estimate of drug-likeness (QED) is 0.339. The average molecular weight is 249 g/mol. The SMILES string of the molecule is C/C(N)=N/N=C(\N)Nc1ccc(CC(C)N)cn1. The molecule has 0 aliphatic carbocycles. The van der Waals surface area contributed by atoms with Crippen molar-refractivity contribution in [1.82, 2.24) is 4.98 Å². The van der Waals surface area contributed by atoms with Crippen LogP contribution in [-0.2, 0) is 6.42 Å². The lowest BCUT2D eigenvalue weighted by atomic mass is 10.1. The summed E-state index contributed by atoms with van der Waals surface area (Å²) < 4.78 is 0. The zero-order valence-electron chi connectivity index (χ0n) is 10.6. The van der Waals surface area contributed by atoms with Gasteiger partial charge in [-0.2, -0.15) is 0 Å². The maximum atomic E-state index is 5.70. The van der Waals surface area contributed by atoms with E-state index in [9.17, 15) is 0 Å². The van der Waals surface area contributed by atoms with Crippen molar-refractivity contribution in [1.29, 1.82) is 0 Å². The van der Waals surface area contributed by atoms with E-state index in [0.717, 1.165) is 12.0 Å². The summed E-state index contributed by atoms with van der Waals surface area (Å²) in [4.78, 5) is 4.19. The summed E-state index contributed by atoms with van der Waals surface area (Å²) in [6, 6.07) is 3.85. The normalized spacial score (nSPS) is 14.4. The van der Waals surface area contributed by atoms with Gasteiger partial charge >= 0.3 is 0 Å². The van der Waals surface area contributed by atoms with E-state index in [1.54, 1.807) is 19.2 Å². The molecule has 7 nitrogen and oxygen atoms in total. The second kappa shape index (κ2) is 6.55. The van der Waals surface area contributed by atoms with Crippen LogP contribution in [-0.4, -0.2) is 22.8 Å². The topological polar surface area (TPSA) is 128 Å². The number of guanidine groups is 1. The van der Waals surface area contributed by atoms with Crippen LogP contribution in [0.15, 0.2) is 28.5 Å². The largest absolute Gasteiger partial charge is 0.386 e. The number of pyridine rings is 1. The van der Waals surface area contributed by atoms with Crippen LogP contribution in [0, 0.1) is 0 Å². The minimum Gasteiger partial charge on any atom is -0.386 e. The van der Waals surface area contributed by atoms with Crippen LogP contribution in [0.2, 0.25) is 0 Å². The molecule has 0 spiro atoms. The first-order valence-corrected chi connectivity index (χ1v) is 5.58. The van der Waals surface area contributed by atoms with Gasteiger partial charge in [-0.1, -0.05) is 6.07 Å². The van der Waals surface area contributed by atoms with E-state index in [2.05, 4.69) is 20.5 Å². The first-order chi connectivity index (χ1) is 8.47. The average Bonchev–Trinajstić information content (AvgIpc) is 2.28. The van der Waals surface area contributed by atoms with Crippen molar-refractivity contribution in [3.05, 3.63) is 23.9 Å². The third-order valence-corrected chi connectivity index (χ3v) is 1.95. The molecule has 7 N–H and O–H groups in total. The number of hydrogen-bond acceptors (Lipinski definition) is 4. The second-order valence-corrected chi connectivity index (χ2v) is 4.08. The second-order valence-electron chi connectivity index (χ2n) is 4.08. The molecule has 0 aliphatic heterocycles. The Labute approximate surface area is 106 Å². The van der Waals surface area contributed by atoms with Gasteiger partial charge < -0.3 is 22.5 Å². The predicted octanol–water partition coefficient (Wildman–Crippen LogP) is -0.01000. The molecule has 1 aromatic rings. The molecule has 7 heteroatoms. The molecule has 0 bridgehead atoms. The Morgan fingerprint density at radius 2 is 2.11 bits per heavy atom. The molecular formula is C11H19N7. The number of hydrogen-bond donors (Lipinski definition) is 4. The first kappa shape index (κ1) is 13.9. The summed E-state index contributed by atoms with van der Waals surface area (Å²) in [5, 5.41) is 10.1. The third kappa shape index (κ3) is 5.26. The fourth-order valence-corrected chi connectivity index (χ4v) is 1.28. The van der Waals surface area contributed by atoms with Gasteiger partial charge in [-0.25, -0.2) is 4.98 Å². The van der Waals surface area contributed by atoms with Gasteiger partial charge in [0.1, 0.15) is 11.7 Å². The summed E-state index contributed by atoms with van der Waals surface area (Å²) in [6.07, 6.45) is 2.53. The van der Waals surface area contributed by atoms with E-state index < -0.39 is 0 Å². The lowest BCUT2D eigenvalue weighted by Crippen LogP contribution is -2.23. The number of anilines is 1. The molecular weight excluding hydrogens is 230 g/mol.